The molecule has 0 saturated carbocycles. The third-order valence-electron chi connectivity index (χ3n) is 4.32. The standard InChI is InChI=1S/C12H22O11.C3H6O3/c13-1-3-5(15)7(17)8(18)12(22-3)23-10-6(16)4(2-14)21-11(20)9(10)19;4-1-3(6)2-5/h3-20H,1-2H2;1,3,5-6H,2H2/t3-,4-,5+,6+,7+,8-,9-,10+,11+,12+;3-/m10/s1. The lowest BCUT2D eigenvalue weighted by Gasteiger charge is -2.45. The van der Waals surface area contributed by atoms with Gasteiger partial charge < -0.3 is 70.1 Å². The lowest BCUT2D eigenvalue weighted by atomic mass is 9.97. The predicted molar refractivity (Wildman–Crippen MR) is 87.8 cm³/mol. The van der Waals surface area contributed by atoms with Gasteiger partial charge in [0, 0.05) is 0 Å². The lowest BCUT2D eigenvalue weighted by Crippen LogP contribution is -2.64. The molecule has 0 amide bonds. The molecule has 0 radical (unpaired) electrons. The second-order valence-electron chi connectivity index (χ2n) is 6.41. The molecular formula is C15H28O14. The maximum atomic E-state index is 10.00. The fourth-order valence-electron chi connectivity index (χ4n) is 2.61. The minimum absolute atomic E-state index is 0.278. The van der Waals surface area contributed by atoms with Crippen LogP contribution < -0.4 is 0 Å². The molecule has 2 aliphatic rings. The van der Waals surface area contributed by atoms with E-state index >= 15 is 0 Å². The fourth-order valence-corrected chi connectivity index (χ4v) is 2.61. The summed E-state index contributed by atoms with van der Waals surface area (Å²) in [7, 11) is 0. The van der Waals surface area contributed by atoms with E-state index in [0.717, 1.165) is 0 Å². The van der Waals surface area contributed by atoms with Gasteiger partial charge in [-0.15, -0.1) is 0 Å². The molecule has 14 heteroatoms. The van der Waals surface area contributed by atoms with Crippen LogP contribution in [0.25, 0.3) is 0 Å². The molecule has 0 aromatic carbocycles. The van der Waals surface area contributed by atoms with Crippen LogP contribution >= 0.6 is 0 Å². The highest BCUT2D eigenvalue weighted by atomic mass is 16.7. The molecule has 2 fully saturated rings. The Balaban J connectivity index is 0.000000612. The number of rotatable bonds is 6. The molecule has 11 atom stereocenters. The lowest BCUT2D eigenvalue weighted by molar-refractivity contribution is -0.355. The number of carbonyl (C=O) groups is 1. The van der Waals surface area contributed by atoms with Crippen LogP contribution in [0.5, 0.6) is 0 Å². The fraction of sp³-hybridized carbons (Fsp3) is 0.933. The molecule has 2 saturated heterocycles. The minimum Gasteiger partial charge on any atom is -0.394 e. The van der Waals surface area contributed by atoms with Gasteiger partial charge in [-0.1, -0.05) is 0 Å². The Morgan fingerprint density at radius 2 is 1.34 bits per heavy atom. The van der Waals surface area contributed by atoms with Gasteiger partial charge in [0.2, 0.25) is 0 Å². The molecule has 0 aromatic heterocycles. The van der Waals surface area contributed by atoms with E-state index in [9.17, 15) is 35.4 Å². The van der Waals surface area contributed by atoms with Gasteiger partial charge in [0.15, 0.2) is 18.9 Å². The average Bonchev–Trinajstić information content (AvgIpc) is 2.73. The van der Waals surface area contributed by atoms with E-state index in [1.54, 1.807) is 0 Å². The van der Waals surface area contributed by atoms with Gasteiger partial charge in [-0.25, -0.2) is 0 Å². The van der Waals surface area contributed by atoms with Gasteiger partial charge in [-0.05, 0) is 0 Å². The van der Waals surface area contributed by atoms with Crippen LogP contribution in [-0.4, -0.2) is 145 Å². The Hall–Kier alpha value is -0.850. The first-order chi connectivity index (χ1) is 13.6. The maximum absolute atomic E-state index is 10.00. The number of aldehydes is 1. The summed E-state index contributed by atoms with van der Waals surface area (Å²) in [5.41, 5.74) is 0. The van der Waals surface area contributed by atoms with Crippen LogP contribution in [0.2, 0.25) is 0 Å². The quantitative estimate of drug-likeness (QED) is 0.175. The van der Waals surface area contributed by atoms with E-state index in [1.165, 1.54) is 0 Å². The SMILES string of the molecule is O=C[C@H](O)CO.OC[C@H]1O[C@@H](O[C@@H]2[C@@H](O)[C@@H](O)O[C@H](CO)[C@@H]2O)[C@H](O)[C@@H](O)[C@H]1O. The van der Waals surface area contributed by atoms with Crippen molar-refractivity contribution in [2.75, 3.05) is 19.8 Å². The molecule has 0 spiro atoms. The van der Waals surface area contributed by atoms with Crippen molar-refractivity contribution in [1.82, 2.24) is 0 Å². The van der Waals surface area contributed by atoms with Crippen LogP contribution in [0.4, 0.5) is 0 Å². The van der Waals surface area contributed by atoms with Crippen LogP contribution in [-0.2, 0) is 19.0 Å². The highest BCUT2D eigenvalue weighted by molar-refractivity contribution is 5.55. The van der Waals surface area contributed by atoms with E-state index < -0.39 is 87.3 Å². The van der Waals surface area contributed by atoms with Crippen LogP contribution in [0.3, 0.4) is 0 Å². The first kappa shape index (κ1) is 26.2. The van der Waals surface area contributed by atoms with Crippen molar-refractivity contribution in [2.45, 2.75) is 67.5 Å². The second-order valence-corrected chi connectivity index (χ2v) is 6.41. The van der Waals surface area contributed by atoms with E-state index in [0.29, 0.717) is 0 Å². The zero-order valence-electron chi connectivity index (χ0n) is 15.2. The second kappa shape index (κ2) is 12.1. The Labute approximate surface area is 164 Å². The van der Waals surface area contributed by atoms with E-state index in [2.05, 4.69) is 0 Å². The van der Waals surface area contributed by atoms with Crippen molar-refractivity contribution >= 4 is 6.29 Å². The summed E-state index contributed by atoms with van der Waals surface area (Å²) in [6, 6.07) is 0. The monoisotopic (exact) mass is 432 g/mol. The van der Waals surface area contributed by atoms with Gasteiger partial charge in [-0.2, -0.15) is 0 Å². The molecule has 14 nitrogen and oxygen atoms in total. The highest BCUT2D eigenvalue weighted by Crippen LogP contribution is 2.28. The van der Waals surface area contributed by atoms with E-state index in [1.807, 2.05) is 0 Å². The Morgan fingerprint density at radius 3 is 1.79 bits per heavy atom. The molecule has 0 bridgehead atoms. The van der Waals surface area contributed by atoms with Crippen molar-refractivity contribution in [1.29, 1.82) is 0 Å². The molecule has 2 rings (SSSR count). The molecule has 10 N–H and O–H groups in total. The number of ether oxygens (including phenoxy) is 3. The molecule has 172 valence electrons. The van der Waals surface area contributed by atoms with Crippen molar-refractivity contribution < 1.29 is 70.1 Å². The van der Waals surface area contributed by atoms with Gasteiger partial charge >= 0.3 is 0 Å². The Kier molecular flexibility index (Phi) is 10.9. The normalized spacial score (nSPS) is 43.8. The summed E-state index contributed by atoms with van der Waals surface area (Å²) >= 11 is 0. The predicted octanol–water partition coefficient (Wildman–Crippen LogP) is -6.86. The first-order valence-electron chi connectivity index (χ1n) is 8.63. The van der Waals surface area contributed by atoms with Crippen molar-refractivity contribution in [2.24, 2.45) is 0 Å². The largest absolute Gasteiger partial charge is 0.394 e. The van der Waals surface area contributed by atoms with Crippen molar-refractivity contribution in [3.05, 3.63) is 0 Å². The molecular weight excluding hydrogens is 404 g/mol. The molecule has 0 aromatic rings. The summed E-state index contributed by atoms with van der Waals surface area (Å²) in [6.07, 6.45) is -16.6. The summed E-state index contributed by atoms with van der Waals surface area (Å²) in [5, 5.41) is 92.7. The number of aliphatic hydroxyl groups excluding tert-OH is 10. The summed E-state index contributed by atoms with van der Waals surface area (Å²) < 4.78 is 15.1. The summed E-state index contributed by atoms with van der Waals surface area (Å²) in [5.74, 6) is 0. The molecule has 0 unspecified atom stereocenters. The molecule has 29 heavy (non-hydrogen) atoms. The Bertz CT molecular complexity index is 478. The Morgan fingerprint density at radius 1 is 0.793 bits per heavy atom. The van der Waals surface area contributed by atoms with E-state index in [4.69, 9.17) is 34.6 Å². The zero-order chi connectivity index (χ0) is 22.3. The average molecular weight is 432 g/mol. The number of carbonyl (C=O) groups excluding carboxylic acids is 1. The van der Waals surface area contributed by atoms with Crippen LogP contribution in [0.1, 0.15) is 0 Å². The third kappa shape index (κ3) is 6.56. The number of hydrogen-bond acceptors (Lipinski definition) is 14. The molecule has 2 heterocycles. The van der Waals surface area contributed by atoms with Crippen molar-refractivity contribution in [3.8, 4) is 0 Å². The third-order valence-corrected chi connectivity index (χ3v) is 4.32. The zero-order valence-corrected chi connectivity index (χ0v) is 15.2. The van der Waals surface area contributed by atoms with Gasteiger partial charge in [0.25, 0.3) is 0 Å². The maximum Gasteiger partial charge on any atom is 0.187 e. The van der Waals surface area contributed by atoms with Gasteiger partial charge in [-0.3, -0.25) is 0 Å². The minimum atomic E-state index is -1.76. The van der Waals surface area contributed by atoms with Gasteiger partial charge in [0.05, 0.1) is 19.8 Å². The van der Waals surface area contributed by atoms with Crippen LogP contribution in [0, 0.1) is 0 Å². The number of hydrogen-bond donors (Lipinski definition) is 10. The summed E-state index contributed by atoms with van der Waals surface area (Å²) in [6.45, 7) is -1.82. The first-order valence-corrected chi connectivity index (χ1v) is 8.63. The summed E-state index contributed by atoms with van der Waals surface area (Å²) in [4.78, 5) is 9.33. The highest BCUT2D eigenvalue weighted by Gasteiger charge is 2.50. The van der Waals surface area contributed by atoms with Crippen LogP contribution in [0.15, 0.2) is 0 Å². The molecule has 0 aliphatic carbocycles. The van der Waals surface area contributed by atoms with E-state index in [-0.39, 0.29) is 6.29 Å². The smallest absolute Gasteiger partial charge is 0.187 e. The van der Waals surface area contributed by atoms with Crippen molar-refractivity contribution in [3.63, 3.8) is 0 Å². The number of aliphatic hydroxyl groups is 10. The molecule has 2 aliphatic heterocycles. The van der Waals surface area contributed by atoms with Gasteiger partial charge in [0.1, 0.15) is 54.9 Å². The topological polar surface area (TPSA) is 247 Å².